The van der Waals surface area contributed by atoms with Gasteiger partial charge in [0, 0.05) is 30.3 Å². The van der Waals surface area contributed by atoms with Crippen LogP contribution in [0.1, 0.15) is 29.8 Å². The standard InChI is InChI=1S/C20H20F2N4O4/c21-20(22)7-11(20)8-23-18(28)15-6-10-5-14(10)26(15)16(27)9-25-13-4-2-1-3-12(13)17(24-25)19(29)30/h1-4,10-11,14-15H,5-9H2,(H,23,28)(H,29,30)/t10-,11?,14-,15+/m1/s1. The molecule has 2 aromatic rings. The first-order chi connectivity index (χ1) is 14.3. The number of amides is 2. The second-order valence-electron chi connectivity index (χ2n) is 8.35. The van der Waals surface area contributed by atoms with Gasteiger partial charge >= 0.3 is 5.97 Å². The molecular weight excluding hydrogens is 398 g/mol. The number of likely N-dealkylation sites (tertiary alicyclic amines) is 1. The van der Waals surface area contributed by atoms with E-state index in [0.29, 0.717) is 17.3 Å². The summed E-state index contributed by atoms with van der Waals surface area (Å²) >= 11 is 0. The van der Waals surface area contributed by atoms with E-state index in [-0.39, 0.29) is 43.1 Å². The van der Waals surface area contributed by atoms with Gasteiger partial charge in [-0.1, -0.05) is 18.2 Å². The van der Waals surface area contributed by atoms with Gasteiger partial charge in [-0.2, -0.15) is 5.10 Å². The molecule has 5 rings (SSSR count). The van der Waals surface area contributed by atoms with Crippen molar-refractivity contribution in [2.45, 2.75) is 43.8 Å². The van der Waals surface area contributed by atoms with Crippen LogP contribution in [0.2, 0.25) is 0 Å². The minimum absolute atomic E-state index is 0.0311. The molecule has 8 nitrogen and oxygen atoms in total. The molecule has 2 amide bonds. The smallest absolute Gasteiger partial charge is 0.357 e. The molecule has 1 aromatic heterocycles. The summed E-state index contributed by atoms with van der Waals surface area (Å²) in [6.07, 6.45) is 1.12. The van der Waals surface area contributed by atoms with E-state index in [1.165, 1.54) is 9.58 Å². The molecule has 4 atom stereocenters. The maximum absolute atomic E-state index is 13.1. The number of piperidine rings is 1. The third-order valence-corrected chi connectivity index (χ3v) is 6.32. The summed E-state index contributed by atoms with van der Waals surface area (Å²) in [7, 11) is 0. The molecule has 2 heterocycles. The zero-order valence-electron chi connectivity index (χ0n) is 15.9. The number of para-hydroxylation sites is 1. The van der Waals surface area contributed by atoms with Gasteiger partial charge in [0.2, 0.25) is 11.8 Å². The van der Waals surface area contributed by atoms with Crippen molar-refractivity contribution in [3.63, 3.8) is 0 Å². The maximum Gasteiger partial charge on any atom is 0.357 e. The number of carboxylic acids is 1. The van der Waals surface area contributed by atoms with Gasteiger partial charge in [-0.15, -0.1) is 0 Å². The van der Waals surface area contributed by atoms with Crippen LogP contribution in [0.5, 0.6) is 0 Å². The molecule has 30 heavy (non-hydrogen) atoms. The zero-order chi connectivity index (χ0) is 21.2. The van der Waals surface area contributed by atoms with Crippen LogP contribution in [0.3, 0.4) is 0 Å². The SMILES string of the molecule is O=C(O)c1nn(CC(=O)N2[C@@H]3C[C@@H]3C[C@H]2C(=O)NCC2CC2(F)F)c2ccccc12. The number of aromatic carboxylic acids is 1. The largest absolute Gasteiger partial charge is 0.476 e. The molecule has 1 unspecified atom stereocenters. The Labute approximate surface area is 169 Å². The number of carboxylic acid groups (broad SMARTS) is 1. The first-order valence-corrected chi connectivity index (χ1v) is 9.92. The second-order valence-corrected chi connectivity index (χ2v) is 8.35. The normalized spacial score (nSPS) is 28.3. The molecule has 3 aliphatic rings. The quantitative estimate of drug-likeness (QED) is 0.740. The first kappa shape index (κ1) is 19.0. The highest BCUT2D eigenvalue weighted by Crippen LogP contribution is 2.49. The molecule has 1 aromatic carbocycles. The van der Waals surface area contributed by atoms with E-state index in [9.17, 15) is 28.3 Å². The fourth-order valence-electron chi connectivity index (χ4n) is 4.50. The molecule has 3 fully saturated rings. The van der Waals surface area contributed by atoms with Crippen LogP contribution < -0.4 is 5.32 Å². The number of halogens is 2. The number of carbonyl (C=O) groups excluding carboxylic acids is 2. The van der Waals surface area contributed by atoms with Crippen molar-refractivity contribution in [1.29, 1.82) is 0 Å². The lowest BCUT2D eigenvalue weighted by atomic mass is 10.1. The van der Waals surface area contributed by atoms with E-state index < -0.39 is 29.8 Å². The van der Waals surface area contributed by atoms with Crippen molar-refractivity contribution in [1.82, 2.24) is 20.0 Å². The van der Waals surface area contributed by atoms with Crippen LogP contribution >= 0.6 is 0 Å². The van der Waals surface area contributed by atoms with E-state index in [4.69, 9.17) is 0 Å². The van der Waals surface area contributed by atoms with Gasteiger partial charge in [-0.25, -0.2) is 13.6 Å². The molecule has 0 radical (unpaired) electrons. The summed E-state index contributed by atoms with van der Waals surface area (Å²) < 4.78 is 27.5. The van der Waals surface area contributed by atoms with Gasteiger partial charge in [0.15, 0.2) is 5.69 Å². The van der Waals surface area contributed by atoms with Gasteiger partial charge < -0.3 is 15.3 Å². The van der Waals surface area contributed by atoms with Crippen molar-refractivity contribution in [2.75, 3.05) is 6.54 Å². The van der Waals surface area contributed by atoms with Gasteiger partial charge in [-0.05, 0) is 24.8 Å². The van der Waals surface area contributed by atoms with E-state index >= 15 is 0 Å². The molecule has 10 heteroatoms. The Balaban J connectivity index is 1.32. The highest BCUT2D eigenvalue weighted by Gasteiger charge is 2.58. The average molecular weight is 418 g/mol. The third kappa shape index (κ3) is 3.10. The number of benzene rings is 1. The molecule has 0 spiro atoms. The van der Waals surface area contributed by atoms with Gasteiger partial charge in [0.25, 0.3) is 5.92 Å². The number of carbonyl (C=O) groups is 3. The predicted octanol–water partition coefficient (Wildman–Crippen LogP) is 1.50. The number of rotatable bonds is 6. The van der Waals surface area contributed by atoms with E-state index in [2.05, 4.69) is 10.4 Å². The number of alkyl halides is 2. The number of fused-ring (bicyclic) bond motifs is 2. The third-order valence-electron chi connectivity index (χ3n) is 6.32. The molecule has 1 aliphatic heterocycles. The highest BCUT2D eigenvalue weighted by atomic mass is 19.3. The number of hydrogen-bond acceptors (Lipinski definition) is 4. The van der Waals surface area contributed by atoms with E-state index in [0.717, 1.165) is 6.42 Å². The van der Waals surface area contributed by atoms with Crippen molar-refractivity contribution < 1.29 is 28.3 Å². The monoisotopic (exact) mass is 418 g/mol. The Kier molecular flexibility index (Phi) is 4.09. The van der Waals surface area contributed by atoms with Crippen LogP contribution in [0.4, 0.5) is 8.78 Å². The maximum atomic E-state index is 13.1. The fraction of sp³-hybridized carbons (Fsp3) is 0.500. The van der Waals surface area contributed by atoms with Crippen LogP contribution in [0.25, 0.3) is 10.9 Å². The summed E-state index contributed by atoms with van der Waals surface area (Å²) in [6.45, 7) is -0.285. The molecule has 158 valence electrons. The summed E-state index contributed by atoms with van der Waals surface area (Å²) in [5.74, 6) is -5.21. The van der Waals surface area contributed by atoms with E-state index in [1.807, 2.05) is 0 Å². The molecule has 2 aliphatic carbocycles. The predicted molar refractivity (Wildman–Crippen MR) is 99.9 cm³/mol. The molecule has 2 N–H and O–H groups in total. The van der Waals surface area contributed by atoms with Crippen molar-refractivity contribution in [3.8, 4) is 0 Å². The van der Waals surface area contributed by atoms with Crippen LogP contribution in [-0.2, 0) is 16.1 Å². The number of aromatic nitrogens is 2. The van der Waals surface area contributed by atoms with Gasteiger partial charge in [-0.3, -0.25) is 14.3 Å². The number of hydrogen-bond donors (Lipinski definition) is 2. The van der Waals surface area contributed by atoms with Crippen molar-refractivity contribution in [2.24, 2.45) is 11.8 Å². The second kappa shape index (κ2) is 6.48. The topological polar surface area (TPSA) is 105 Å². The first-order valence-electron chi connectivity index (χ1n) is 9.92. The molecule has 2 saturated carbocycles. The average Bonchev–Trinajstić information content (AvgIpc) is 3.49. The summed E-state index contributed by atoms with van der Waals surface area (Å²) in [5.41, 5.74) is 0.385. The lowest BCUT2D eigenvalue weighted by Crippen LogP contribution is -2.49. The van der Waals surface area contributed by atoms with Crippen molar-refractivity contribution >= 4 is 28.7 Å². The Hall–Kier alpha value is -3.04. The number of nitrogens with zero attached hydrogens (tertiary/aromatic N) is 3. The minimum atomic E-state index is -2.70. The van der Waals surface area contributed by atoms with Crippen LogP contribution in [-0.4, -0.2) is 62.1 Å². The molecule has 0 bridgehead atoms. The lowest BCUT2D eigenvalue weighted by molar-refractivity contribution is -0.140. The zero-order valence-corrected chi connectivity index (χ0v) is 15.9. The van der Waals surface area contributed by atoms with Crippen LogP contribution in [0, 0.1) is 11.8 Å². The minimum Gasteiger partial charge on any atom is -0.476 e. The lowest BCUT2D eigenvalue weighted by Gasteiger charge is -2.27. The molecule has 1 saturated heterocycles. The Bertz CT molecular complexity index is 1070. The number of nitrogens with one attached hydrogen (secondary N) is 1. The van der Waals surface area contributed by atoms with Gasteiger partial charge in [0.05, 0.1) is 5.52 Å². The van der Waals surface area contributed by atoms with Crippen LogP contribution in [0.15, 0.2) is 24.3 Å². The molecular formula is C20H20F2N4O4. The van der Waals surface area contributed by atoms with Gasteiger partial charge in [0.1, 0.15) is 12.6 Å². The Morgan fingerprint density at radius 2 is 1.97 bits per heavy atom. The highest BCUT2D eigenvalue weighted by molar-refractivity contribution is 6.01. The van der Waals surface area contributed by atoms with E-state index in [1.54, 1.807) is 24.3 Å². The Morgan fingerprint density at radius 1 is 1.23 bits per heavy atom. The summed E-state index contributed by atoms with van der Waals surface area (Å²) in [5, 5.41) is 16.5. The summed E-state index contributed by atoms with van der Waals surface area (Å²) in [6, 6.07) is 6.02. The summed E-state index contributed by atoms with van der Waals surface area (Å²) in [4.78, 5) is 38.6. The fourth-order valence-corrected chi connectivity index (χ4v) is 4.50. The Morgan fingerprint density at radius 3 is 2.67 bits per heavy atom. The van der Waals surface area contributed by atoms with Crippen molar-refractivity contribution in [3.05, 3.63) is 30.0 Å².